The third-order valence-corrected chi connectivity index (χ3v) is 4.23. The molecule has 6 nitrogen and oxygen atoms in total. The van der Waals surface area contributed by atoms with Gasteiger partial charge >= 0.3 is 0 Å². The first kappa shape index (κ1) is 14.2. The number of aromatic nitrogens is 2. The number of nitrogens with one attached hydrogen (secondary N) is 1. The van der Waals surface area contributed by atoms with Gasteiger partial charge in [0.05, 0.1) is 6.54 Å². The molecule has 0 spiro atoms. The first-order valence-electron chi connectivity index (χ1n) is 6.92. The van der Waals surface area contributed by atoms with Gasteiger partial charge in [0, 0.05) is 24.1 Å². The zero-order valence-corrected chi connectivity index (χ0v) is 12.8. The van der Waals surface area contributed by atoms with Crippen molar-refractivity contribution in [1.82, 2.24) is 9.97 Å². The van der Waals surface area contributed by atoms with Crippen LogP contribution >= 0.6 is 11.3 Å². The first-order chi connectivity index (χ1) is 10.3. The van der Waals surface area contributed by atoms with Gasteiger partial charge in [-0.05, 0) is 24.3 Å². The summed E-state index contributed by atoms with van der Waals surface area (Å²) in [5.74, 6) is 7.67. The van der Waals surface area contributed by atoms with E-state index in [4.69, 9.17) is 10.6 Å². The van der Waals surface area contributed by atoms with E-state index in [1.54, 1.807) is 18.4 Å². The maximum absolute atomic E-state index is 5.51. The molecule has 0 aromatic carbocycles. The predicted octanol–water partition coefficient (Wildman–Crippen LogP) is 2.14. The largest absolute Gasteiger partial charge is 0.377 e. The van der Waals surface area contributed by atoms with E-state index in [0.717, 1.165) is 12.4 Å². The van der Waals surface area contributed by atoms with Crippen molar-refractivity contribution in [3.05, 3.63) is 34.3 Å². The van der Waals surface area contributed by atoms with Gasteiger partial charge in [-0.2, -0.15) is 0 Å². The molecule has 0 saturated heterocycles. The second-order valence-corrected chi connectivity index (χ2v) is 6.08. The summed E-state index contributed by atoms with van der Waals surface area (Å²) in [4.78, 5) is 12.6. The maximum Gasteiger partial charge on any atom is 0.158 e. The number of hydrogen-bond donors (Lipinski definition) is 2. The number of nitrogen functional groups attached to an aromatic ring is 1. The van der Waals surface area contributed by atoms with E-state index in [9.17, 15) is 0 Å². The summed E-state index contributed by atoms with van der Waals surface area (Å²) in [6, 6.07) is 6.68. The van der Waals surface area contributed by atoms with E-state index >= 15 is 0 Å². The maximum atomic E-state index is 5.51. The molecule has 3 N–H and O–H groups in total. The summed E-state index contributed by atoms with van der Waals surface area (Å²) in [5.41, 5.74) is 2.61. The van der Waals surface area contributed by atoms with E-state index < -0.39 is 0 Å². The number of methoxy groups -OCH3 is 1. The van der Waals surface area contributed by atoms with Gasteiger partial charge in [0.15, 0.2) is 5.82 Å². The van der Waals surface area contributed by atoms with Crippen LogP contribution in [0, 0.1) is 0 Å². The molecular weight excluding hydrogens is 286 g/mol. The minimum Gasteiger partial charge on any atom is -0.377 e. The molecule has 3 rings (SSSR count). The van der Waals surface area contributed by atoms with Crippen molar-refractivity contribution < 1.29 is 4.74 Å². The lowest BCUT2D eigenvalue weighted by Crippen LogP contribution is -2.26. The standard InChI is InChI=1S/C14H19N5OS/c1-20-9-13-16-12(18-15)7-14(17-13)19(10-4-5-10)8-11-3-2-6-21-11/h2-3,6-7,10H,4-5,8-9,15H2,1H3,(H,16,17,18). The fraction of sp³-hybridized carbons (Fsp3) is 0.429. The second-order valence-electron chi connectivity index (χ2n) is 5.04. The van der Waals surface area contributed by atoms with Crippen LogP contribution in [0.3, 0.4) is 0 Å². The zero-order valence-electron chi connectivity index (χ0n) is 12.0. The molecular formula is C14H19N5OS. The van der Waals surface area contributed by atoms with Crippen LogP contribution in [0.15, 0.2) is 23.6 Å². The summed E-state index contributed by atoms with van der Waals surface area (Å²) >= 11 is 1.77. The highest BCUT2D eigenvalue weighted by atomic mass is 32.1. The van der Waals surface area contributed by atoms with Crippen LogP contribution in [0.2, 0.25) is 0 Å². The van der Waals surface area contributed by atoms with E-state index in [1.807, 2.05) is 6.07 Å². The van der Waals surface area contributed by atoms with Gasteiger partial charge in [-0.3, -0.25) is 0 Å². The summed E-state index contributed by atoms with van der Waals surface area (Å²) in [6.45, 7) is 1.25. The minimum absolute atomic E-state index is 0.375. The lowest BCUT2D eigenvalue weighted by Gasteiger charge is -2.23. The number of thiophene rings is 1. The van der Waals surface area contributed by atoms with Crippen LogP contribution < -0.4 is 16.2 Å². The van der Waals surface area contributed by atoms with Crippen molar-refractivity contribution in [2.24, 2.45) is 5.84 Å². The number of hydrazine groups is 1. The SMILES string of the molecule is COCc1nc(NN)cc(N(Cc2cccs2)C2CC2)n1. The lowest BCUT2D eigenvalue weighted by atomic mass is 10.3. The molecule has 21 heavy (non-hydrogen) atoms. The van der Waals surface area contributed by atoms with Gasteiger partial charge in [0.2, 0.25) is 0 Å². The number of nitrogens with zero attached hydrogens (tertiary/aromatic N) is 3. The van der Waals surface area contributed by atoms with Gasteiger partial charge in [-0.15, -0.1) is 11.3 Å². The highest BCUT2D eigenvalue weighted by Crippen LogP contribution is 2.33. The van der Waals surface area contributed by atoms with E-state index in [0.29, 0.717) is 24.3 Å². The Morgan fingerprint density at radius 2 is 2.33 bits per heavy atom. The number of anilines is 2. The molecule has 0 unspecified atom stereocenters. The fourth-order valence-corrected chi connectivity index (χ4v) is 2.95. The Morgan fingerprint density at radius 3 is 2.95 bits per heavy atom. The van der Waals surface area contributed by atoms with E-state index in [-0.39, 0.29) is 0 Å². The second kappa shape index (κ2) is 6.38. The van der Waals surface area contributed by atoms with Crippen molar-refractivity contribution in [2.75, 3.05) is 17.4 Å². The Morgan fingerprint density at radius 1 is 1.48 bits per heavy atom. The lowest BCUT2D eigenvalue weighted by molar-refractivity contribution is 0.178. The molecule has 1 aliphatic rings. The average Bonchev–Trinajstić information content (AvgIpc) is 3.21. The number of nitrogens with two attached hydrogens (primary N) is 1. The first-order valence-corrected chi connectivity index (χ1v) is 7.80. The summed E-state index contributed by atoms with van der Waals surface area (Å²) < 4.78 is 5.13. The number of ether oxygens (including phenoxy) is 1. The highest BCUT2D eigenvalue weighted by Gasteiger charge is 2.30. The molecule has 1 saturated carbocycles. The molecule has 1 fully saturated rings. The highest BCUT2D eigenvalue weighted by molar-refractivity contribution is 7.09. The van der Waals surface area contributed by atoms with Gasteiger partial charge in [0.1, 0.15) is 18.2 Å². The third-order valence-electron chi connectivity index (χ3n) is 3.37. The average molecular weight is 305 g/mol. The molecule has 112 valence electrons. The molecule has 2 aromatic heterocycles. The predicted molar refractivity (Wildman–Crippen MR) is 84.1 cm³/mol. The van der Waals surface area contributed by atoms with Gasteiger partial charge in [-0.1, -0.05) is 6.07 Å². The van der Waals surface area contributed by atoms with Crippen molar-refractivity contribution >= 4 is 23.0 Å². The van der Waals surface area contributed by atoms with Crippen LogP contribution in [-0.4, -0.2) is 23.1 Å². The monoisotopic (exact) mass is 305 g/mol. The van der Waals surface area contributed by atoms with Crippen LogP contribution in [0.5, 0.6) is 0 Å². The van der Waals surface area contributed by atoms with E-state index in [2.05, 4.69) is 37.8 Å². The smallest absolute Gasteiger partial charge is 0.158 e. The molecule has 0 radical (unpaired) electrons. The molecule has 0 amide bonds. The third kappa shape index (κ3) is 3.49. The Labute approximate surface area is 127 Å². The molecule has 0 atom stereocenters. The summed E-state index contributed by atoms with van der Waals surface area (Å²) in [7, 11) is 1.63. The van der Waals surface area contributed by atoms with Crippen molar-refractivity contribution in [3.8, 4) is 0 Å². The molecule has 1 aliphatic carbocycles. The van der Waals surface area contributed by atoms with Crippen LogP contribution in [-0.2, 0) is 17.9 Å². The van der Waals surface area contributed by atoms with Gasteiger partial charge in [0.25, 0.3) is 0 Å². The topological polar surface area (TPSA) is 76.3 Å². The molecule has 7 heteroatoms. The number of hydrogen-bond acceptors (Lipinski definition) is 7. The molecule has 2 aromatic rings. The van der Waals surface area contributed by atoms with Gasteiger partial charge in [-0.25, -0.2) is 15.8 Å². The minimum atomic E-state index is 0.375. The molecule has 0 bridgehead atoms. The summed E-state index contributed by atoms with van der Waals surface area (Å²) in [6.07, 6.45) is 2.42. The fourth-order valence-electron chi connectivity index (χ4n) is 2.25. The van der Waals surface area contributed by atoms with Crippen LogP contribution in [0.1, 0.15) is 23.5 Å². The van der Waals surface area contributed by atoms with Crippen molar-refractivity contribution in [3.63, 3.8) is 0 Å². The Balaban J connectivity index is 1.88. The Bertz CT molecular complexity index is 585. The van der Waals surface area contributed by atoms with Crippen molar-refractivity contribution in [1.29, 1.82) is 0 Å². The Kier molecular flexibility index (Phi) is 4.33. The normalized spacial score (nSPS) is 14.2. The molecule has 2 heterocycles. The molecule has 0 aliphatic heterocycles. The summed E-state index contributed by atoms with van der Waals surface area (Å²) in [5, 5.41) is 2.10. The Hall–Kier alpha value is -1.70. The number of rotatable bonds is 7. The zero-order chi connectivity index (χ0) is 14.7. The quantitative estimate of drug-likeness (QED) is 0.603. The van der Waals surface area contributed by atoms with Crippen LogP contribution in [0.25, 0.3) is 0 Å². The van der Waals surface area contributed by atoms with Gasteiger partial charge < -0.3 is 15.1 Å². The van der Waals surface area contributed by atoms with E-state index in [1.165, 1.54) is 17.7 Å². The van der Waals surface area contributed by atoms with Crippen LogP contribution in [0.4, 0.5) is 11.6 Å². The van der Waals surface area contributed by atoms with Crippen molar-refractivity contribution in [2.45, 2.75) is 32.0 Å².